The standard InChI is InChI=1S/C14H26N2O3/c1-4-7-11(2)15-13(17)10-16-9-6-5-8-12(16)14(18)19-3/h11-12H,4-10H2,1-3H3,(H,15,17). The third-order valence-electron chi connectivity index (χ3n) is 3.56. The Morgan fingerprint density at radius 2 is 2.16 bits per heavy atom. The van der Waals surface area contributed by atoms with Gasteiger partial charge in [0, 0.05) is 6.04 Å². The van der Waals surface area contributed by atoms with E-state index in [1.807, 2.05) is 11.8 Å². The number of piperidine rings is 1. The molecule has 1 fully saturated rings. The highest BCUT2D eigenvalue weighted by Crippen LogP contribution is 2.17. The lowest BCUT2D eigenvalue weighted by molar-refractivity contribution is -0.148. The summed E-state index contributed by atoms with van der Waals surface area (Å²) in [4.78, 5) is 25.6. The van der Waals surface area contributed by atoms with Crippen LogP contribution in [0, 0.1) is 0 Å². The number of hydrogen-bond acceptors (Lipinski definition) is 4. The van der Waals surface area contributed by atoms with Crippen LogP contribution < -0.4 is 5.32 Å². The van der Waals surface area contributed by atoms with Crippen molar-refractivity contribution in [3.8, 4) is 0 Å². The number of likely N-dealkylation sites (tertiary alicyclic amines) is 1. The summed E-state index contributed by atoms with van der Waals surface area (Å²) in [6.45, 7) is 5.18. The quantitative estimate of drug-likeness (QED) is 0.740. The summed E-state index contributed by atoms with van der Waals surface area (Å²) >= 11 is 0. The number of ether oxygens (including phenoxy) is 1. The average Bonchev–Trinajstić information content (AvgIpc) is 2.38. The fraction of sp³-hybridized carbons (Fsp3) is 0.857. The van der Waals surface area contributed by atoms with E-state index < -0.39 is 0 Å². The van der Waals surface area contributed by atoms with Crippen molar-refractivity contribution in [2.24, 2.45) is 0 Å². The van der Waals surface area contributed by atoms with E-state index in [0.717, 1.165) is 38.6 Å². The summed E-state index contributed by atoms with van der Waals surface area (Å²) in [5.74, 6) is -0.231. The number of carbonyl (C=O) groups is 2. The molecule has 0 bridgehead atoms. The molecule has 19 heavy (non-hydrogen) atoms. The summed E-state index contributed by atoms with van der Waals surface area (Å²) < 4.78 is 4.81. The van der Waals surface area contributed by atoms with E-state index in [1.165, 1.54) is 7.11 Å². The topological polar surface area (TPSA) is 58.6 Å². The molecule has 0 radical (unpaired) electrons. The third-order valence-corrected chi connectivity index (χ3v) is 3.56. The molecule has 5 heteroatoms. The third kappa shape index (κ3) is 5.19. The van der Waals surface area contributed by atoms with Crippen molar-refractivity contribution in [1.82, 2.24) is 10.2 Å². The van der Waals surface area contributed by atoms with Crippen LogP contribution in [-0.4, -0.2) is 49.1 Å². The van der Waals surface area contributed by atoms with Gasteiger partial charge in [-0.05, 0) is 32.7 Å². The van der Waals surface area contributed by atoms with E-state index in [0.29, 0.717) is 0 Å². The van der Waals surface area contributed by atoms with Crippen molar-refractivity contribution in [1.29, 1.82) is 0 Å². The first-order chi connectivity index (χ1) is 9.08. The van der Waals surface area contributed by atoms with Gasteiger partial charge in [0.1, 0.15) is 6.04 Å². The number of nitrogens with one attached hydrogen (secondary N) is 1. The lowest BCUT2D eigenvalue weighted by Gasteiger charge is -2.33. The molecule has 0 spiro atoms. The van der Waals surface area contributed by atoms with Crippen molar-refractivity contribution in [3.63, 3.8) is 0 Å². The fourth-order valence-electron chi connectivity index (χ4n) is 2.59. The molecule has 1 amide bonds. The second-order valence-electron chi connectivity index (χ2n) is 5.26. The molecule has 1 aliphatic rings. The maximum Gasteiger partial charge on any atom is 0.323 e. The molecule has 110 valence electrons. The Bertz CT molecular complexity index is 307. The number of amides is 1. The molecule has 0 aromatic heterocycles. The molecule has 0 aromatic rings. The van der Waals surface area contributed by atoms with Crippen LogP contribution in [0.25, 0.3) is 0 Å². The normalized spacial score (nSPS) is 21.7. The molecule has 1 heterocycles. The Labute approximate surface area is 115 Å². The molecular weight excluding hydrogens is 244 g/mol. The first kappa shape index (κ1) is 16.0. The van der Waals surface area contributed by atoms with Crippen LogP contribution in [-0.2, 0) is 14.3 Å². The maximum atomic E-state index is 11.9. The smallest absolute Gasteiger partial charge is 0.323 e. The van der Waals surface area contributed by atoms with E-state index in [9.17, 15) is 9.59 Å². The summed E-state index contributed by atoms with van der Waals surface area (Å²) in [7, 11) is 1.40. The molecule has 1 aliphatic heterocycles. The van der Waals surface area contributed by atoms with Crippen molar-refractivity contribution in [3.05, 3.63) is 0 Å². The summed E-state index contributed by atoms with van der Waals surface area (Å²) in [6.07, 6.45) is 4.86. The molecule has 1 N–H and O–H groups in total. The van der Waals surface area contributed by atoms with Crippen molar-refractivity contribution in [2.45, 2.75) is 58.0 Å². The van der Waals surface area contributed by atoms with Gasteiger partial charge in [0.25, 0.3) is 0 Å². The van der Waals surface area contributed by atoms with E-state index >= 15 is 0 Å². The minimum Gasteiger partial charge on any atom is -0.468 e. The first-order valence-electron chi connectivity index (χ1n) is 7.19. The molecule has 0 aliphatic carbocycles. The lowest BCUT2D eigenvalue weighted by Crippen LogP contribution is -2.50. The Balaban J connectivity index is 2.48. The second kappa shape index (κ2) is 8.15. The Kier molecular flexibility index (Phi) is 6.84. The Hall–Kier alpha value is -1.10. The van der Waals surface area contributed by atoms with Crippen LogP contribution in [0.3, 0.4) is 0 Å². The van der Waals surface area contributed by atoms with Gasteiger partial charge in [0.2, 0.25) is 5.91 Å². The molecular formula is C14H26N2O3. The van der Waals surface area contributed by atoms with Gasteiger partial charge in [-0.25, -0.2) is 0 Å². The van der Waals surface area contributed by atoms with Gasteiger partial charge >= 0.3 is 5.97 Å². The fourth-order valence-corrected chi connectivity index (χ4v) is 2.59. The zero-order chi connectivity index (χ0) is 14.3. The van der Waals surface area contributed by atoms with Gasteiger partial charge in [0.15, 0.2) is 0 Å². The minimum absolute atomic E-state index is 0.00301. The van der Waals surface area contributed by atoms with E-state index in [-0.39, 0.29) is 30.5 Å². The highest BCUT2D eigenvalue weighted by Gasteiger charge is 2.30. The molecule has 2 unspecified atom stereocenters. The van der Waals surface area contributed by atoms with Crippen LogP contribution in [0.4, 0.5) is 0 Å². The SMILES string of the molecule is CCCC(C)NC(=O)CN1CCCCC1C(=O)OC. The zero-order valence-corrected chi connectivity index (χ0v) is 12.3. The molecule has 5 nitrogen and oxygen atoms in total. The van der Waals surface area contributed by atoms with Crippen LogP contribution in [0.1, 0.15) is 46.0 Å². The van der Waals surface area contributed by atoms with Gasteiger partial charge in [-0.3, -0.25) is 14.5 Å². The number of nitrogens with zero attached hydrogens (tertiary/aromatic N) is 1. The number of esters is 1. The largest absolute Gasteiger partial charge is 0.468 e. The van der Waals surface area contributed by atoms with Gasteiger partial charge in [-0.2, -0.15) is 0 Å². The maximum absolute atomic E-state index is 11.9. The summed E-state index contributed by atoms with van der Waals surface area (Å²) in [5.41, 5.74) is 0. The molecule has 0 saturated carbocycles. The van der Waals surface area contributed by atoms with E-state index in [2.05, 4.69) is 12.2 Å². The molecule has 1 rings (SSSR count). The highest BCUT2D eigenvalue weighted by atomic mass is 16.5. The van der Waals surface area contributed by atoms with E-state index in [1.54, 1.807) is 0 Å². The predicted molar refractivity (Wildman–Crippen MR) is 73.7 cm³/mol. The van der Waals surface area contributed by atoms with Gasteiger partial charge in [0.05, 0.1) is 13.7 Å². The van der Waals surface area contributed by atoms with Crippen molar-refractivity contribution >= 4 is 11.9 Å². The first-order valence-corrected chi connectivity index (χ1v) is 7.19. The minimum atomic E-state index is -0.258. The van der Waals surface area contributed by atoms with E-state index in [4.69, 9.17) is 4.74 Å². The van der Waals surface area contributed by atoms with Gasteiger partial charge in [-0.1, -0.05) is 19.8 Å². The average molecular weight is 270 g/mol. The second-order valence-corrected chi connectivity index (χ2v) is 5.26. The van der Waals surface area contributed by atoms with Gasteiger partial charge in [-0.15, -0.1) is 0 Å². The van der Waals surface area contributed by atoms with Crippen molar-refractivity contribution in [2.75, 3.05) is 20.2 Å². The van der Waals surface area contributed by atoms with Crippen molar-refractivity contribution < 1.29 is 14.3 Å². The number of rotatable bonds is 6. The lowest BCUT2D eigenvalue weighted by atomic mass is 10.0. The number of hydrogen-bond donors (Lipinski definition) is 1. The van der Waals surface area contributed by atoms with Gasteiger partial charge < -0.3 is 10.1 Å². The van der Waals surface area contributed by atoms with Crippen LogP contribution >= 0.6 is 0 Å². The van der Waals surface area contributed by atoms with Crippen LogP contribution in [0.5, 0.6) is 0 Å². The highest BCUT2D eigenvalue weighted by molar-refractivity contribution is 5.80. The van der Waals surface area contributed by atoms with Crippen LogP contribution in [0.2, 0.25) is 0 Å². The number of carbonyl (C=O) groups excluding carboxylic acids is 2. The monoisotopic (exact) mass is 270 g/mol. The molecule has 1 saturated heterocycles. The summed E-state index contributed by atoms with van der Waals surface area (Å²) in [5, 5.41) is 2.97. The number of methoxy groups -OCH3 is 1. The van der Waals surface area contributed by atoms with Crippen LogP contribution in [0.15, 0.2) is 0 Å². The Morgan fingerprint density at radius 1 is 1.42 bits per heavy atom. The Morgan fingerprint density at radius 3 is 2.79 bits per heavy atom. The predicted octanol–water partition coefficient (Wildman–Crippen LogP) is 1.32. The molecule has 2 atom stereocenters. The zero-order valence-electron chi connectivity index (χ0n) is 12.3. The molecule has 0 aromatic carbocycles. The summed E-state index contributed by atoms with van der Waals surface area (Å²) in [6, 6.07) is -0.0650.